The topological polar surface area (TPSA) is 41.6 Å². The lowest BCUT2D eigenvalue weighted by molar-refractivity contribution is 0.550. The molecule has 0 aliphatic carbocycles. The Morgan fingerprint density at radius 2 is 1.35 bits per heavy atom. The summed E-state index contributed by atoms with van der Waals surface area (Å²) in [5, 5.41) is 1.05. The number of hydrogen-bond acceptors (Lipinski definition) is 2. The summed E-state index contributed by atoms with van der Waals surface area (Å²) in [4.78, 5) is 10.8. The second-order valence-corrected chi connectivity index (χ2v) is 6.58. The van der Waals surface area contributed by atoms with Gasteiger partial charge in [-0.15, -0.1) is 0 Å². The second-order valence-electron chi connectivity index (χ2n) is 6.58. The summed E-state index contributed by atoms with van der Waals surface area (Å²) >= 11 is 0. The van der Waals surface area contributed by atoms with Gasteiger partial charge in [0, 0.05) is 17.8 Å². The van der Waals surface area contributed by atoms with Crippen LogP contribution in [0.25, 0.3) is 11.0 Å². The highest BCUT2D eigenvalue weighted by Crippen LogP contribution is 2.05. The number of nitrogens with zero attached hydrogens (tertiary/aromatic N) is 2. The van der Waals surface area contributed by atoms with Gasteiger partial charge >= 0.3 is 0 Å². The fourth-order valence-electron chi connectivity index (χ4n) is 2.34. The molecular formula is C31H61N3. The SMILES string of the molecule is C.CC.CC.CC.CC.CCCCC(C)C.CCCc1ccccc1.c1ncc2cc[nH]c2n1. The molecule has 1 N–H and O–H groups in total. The molecule has 0 atom stereocenters. The first-order chi connectivity index (χ1) is 16.2. The maximum Gasteiger partial charge on any atom is 0.140 e. The summed E-state index contributed by atoms with van der Waals surface area (Å²) in [6, 6.07) is 12.5. The molecule has 0 aliphatic heterocycles. The summed E-state index contributed by atoms with van der Waals surface area (Å²) in [7, 11) is 0. The van der Waals surface area contributed by atoms with Crippen LogP contribution in [0, 0.1) is 5.92 Å². The summed E-state index contributed by atoms with van der Waals surface area (Å²) in [5.41, 5.74) is 2.34. The van der Waals surface area contributed by atoms with Crippen LogP contribution in [-0.2, 0) is 6.42 Å². The summed E-state index contributed by atoms with van der Waals surface area (Å²) in [5.74, 6) is 0.903. The Balaban J connectivity index is -0.000000107. The van der Waals surface area contributed by atoms with E-state index in [-0.39, 0.29) is 7.43 Å². The summed E-state index contributed by atoms with van der Waals surface area (Å²) in [6.45, 7) is 25.0. The third-order valence-electron chi connectivity index (χ3n) is 3.74. The molecule has 3 heteroatoms. The zero-order valence-corrected chi connectivity index (χ0v) is 24.2. The maximum absolute atomic E-state index is 3.97. The highest BCUT2D eigenvalue weighted by molar-refractivity contribution is 5.73. The number of fused-ring (bicyclic) bond motifs is 1. The van der Waals surface area contributed by atoms with Gasteiger partial charge in [-0.2, -0.15) is 0 Å². The predicted molar refractivity (Wildman–Crippen MR) is 161 cm³/mol. The average Bonchev–Trinajstić information content (AvgIpc) is 3.38. The molecular weight excluding hydrogens is 414 g/mol. The van der Waals surface area contributed by atoms with Gasteiger partial charge in [0.25, 0.3) is 0 Å². The molecule has 0 amide bonds. The molecule has 3 nitrogen and oxygen atoms in total. The molecule has 34 heavy (non-hydrogen) atoms. The molecule has 0 spiro atoms. The van der Waals surface area contributed by atoms with Gasteiger partial charge in [0.15, 0.2) is 0 Å². The monoisotopic (exact) mass is 475 g/mol. The first-order valence-corrected chi connectivity index (χ1v) is 13.4. The Morgan fingerprint density at radius 3 is 1.76 bits per heavy atom. The van der Waals surface area contributed by atoms with Crippen molar-refractivity contribution in [3.8, 4) is 0 Å². The molecule has 3 aromatic rings. The first kappa shape index (κ1) is 42.0. The number of benzene rings is 1. The molecule has 0 aliphatic rings. The Hall–Kier alpha value is -2.16. The molecule has 0 radical (unpaired) electrons. The zero-order valence-electron chi connectivity index (χ0n) is 24.2. The standard InChI is InChI=1S/C9H12.C7H16.C6H5N3.4C2H6.CH4/c1-2-6-9-7-4-3-5-8-9;1-4-5-6-7(2)3;1-2-8-6-5(1)3-7-4-9-6;4*1-2;/h3-5,7-8H,2,6H2,1H3;7H,4-6H2,1-3H3;1-4H,(H,7,8,9);4*1-2H3;1H4. The van der Waals surface area contributed by atoms with Crippen LogP contribution in [0.4, 0.5) is 0 Å². The van der Waals surface area contributed by atoms with Crippen molar-refractivity contribution in [2.24, 2.45) is 5.92 Å². The van der Waals surface area contributed by atoms with Crippen molar-refractivity contribution in [3.05, 3.63) is 60.7 Å². The lowest BCUT2D eigenvalue weighted by atomic mass is 10.1. The fourth-order valence-corrected chi connectivity index (χ4v) is 2.34. The first-order valence-electron chi connectivity index (χ1n) is 13.4. The third kappa shape index (κ3) is 27.9. The van der Waals surface area contributed by atoms with Gasteiger partial charge in [-0.05, 0) is 24.0 Å². The van der Waals surface area contributed by atoms with Gasteiger partial charge in [-0.1, -0.05) is 147 Å². The van der Waals surface area contributed by atoms with E-state index in [9.17, 15) is 0 Å². The number of hydrogen-bond donors (Lipinski definition) is 1. The Bertz CT molecular complexity index is 630. The molecule has 0 saturated heterocycles. The molecule has 2 aromatic heterocycles. The van der Waals surface area contributed by atoms with E-state index < -0.39 is 0 Å². The van der Waals surface area contributed by atoms with Crippen molar-refractivity contribution < 1.29 is 0 Å². The van der Waals surface area contributed by atoms with E-state index in [0.29, 0.717) is 0 Å². The van der Waals surface area contributed by atoms with Gasteiger partial charge in [0.05, 0.1) is 0 Å². The van der Waals surface area contributed by atoms with Gasteiger partial charge in [0.2, 0.25) is 0 Å². The zero-order chi connectivity index (χ0) is 26.3. The smallest absolute Gasteiger partial charge is 0.140 e. The molecule has 3 rings (SSSR count). The van der Waals surface area contributed by atoms with Gasteiger partial charge < -0.3 is 4.98 Å². The van der Waals surface area contributed by atoms with Crippen LogP contribution in [0.1, 0.15) is 122 Å². The molecule has 2 heterocycles. The van der Waals surface area contributed by atoms with Crippen LogP contribution in [0.2, 0.25) is 0 Å². The second kappa shape index (κ2) is 38.1. The van der Waals surface area contributed by atoms with Crippen molar-refractivity contribution in [3.63, 3.8) is 0 Å². The number of rotatable bonds is 5. The Kier molecular flexibility index (Phi) is 47.1. The normalized spacial score (nSPS) is 8.03. The van der Waals surface area contributed by atoms with Crippen molar-refractivity contribution in [2.75, 3.05) is 0 Å². The van der Waals surface area contributed by atoms with Crippen LogP contribution in [-0.4, -0.2) is 15.0 Å². The van der Waals surface area contributed by atoms with E-state index in [1.807, 2.05) is 67.7 Å². The maximum atomic E-state index is 3.97. The molecule has 1 aromatic carbocycles. The van der Waals surface area contributed by atoms with E-state index in [0.717, 1.165) is 17.0 Å². The molecule has 0 bridgehead atoms. The fraction of sp³-hybridized carbons (Fsp3) is 0.613. The van der Waals surface area contributed by atoms with Crippen molar-refractivity contribution in [2.45, 2.75) is 123 Å². The quantitative estimate of drug-likeness (QED) is 0.398. The lowest BCUT2D eigenvalue weighted by Crippen LogP contribution is -1.83. The van der Waals surface area contributed by atoms with E-state index >= 15 is 0 Å². The minimum atomic E-state index is 0. The minimum Gasteiger partial charge on any atom is -0.346 e. The van der Waals surface area contributed by atoms with Crippen LogP contribution in [0.15, 0.2) is 55.1 Å². The van der Waals surface area contributed by atoms with Crippen molar-refractivity contribution in [1.29, 1.82) is 0 Å². The van der Waals surface area contributed by atoms with E-state index in [2.05, 4.69) is 73.0 Å². The third-order valence-corrected chi connectivity index (χ3v) is 3.74. The molecule has 200 valence electrons. The highest BCUT2D eigenvalue weighted by atomic mass is 14.9. The van der Waals surface area contributed by atoms with Crippen LogP contribution >= 0.6 is 0 Å². The van der Waals surface area contributed by atoms with Crippen LogP contribution < -0.4 is 0 Å². The number of aromatic nitrogens is 3. The van der Waals surface area contributed by atoms with E-state index in [4.69, 9.17) is 0 Å². The van der Waals surface area contributed by atoms with Gasteiger partial charge in [-0.3, -0.25) is 0 Å². The van der Waals surface area contributed by atoms with Crippen molar-refractivity contribution in [1.82, 2.24) is 15.0 Å². The molecule has 0 unspecified atom stereocenters. The average molecular weight is 476 g/mol. The number of unbranched alkanes of at least 4 members (excludes halogenated alkanes) is 1. The van der Waals surface area contributed by atoms with Gasteiger partial charge in [0.1, 0.15) is 12.0 Å². The summed E-state index contributed by atoms with van der Waals surface area (Å²) < 4.78 is 0. The number of aryl methyl sites for hydroxylation is 1. The number of aromatic amines is 1. The van der Waals surface area contributed by atoms with E-state index in [1.54, 1.807) is 6.20 Å². The van der Waals surface area contributed by atoms with E-state index in [1.165, 1.54) is 44.0 Å². The highest BCUT2D eigenvalue weighted by Gasteiger charge is 1.90. The van der Waals surface area contributed by atoms with Gasteiger partial charge in [-0.25, -0.2) is 9.97 Å². The minimum absolute atomic E-state index is 0. The van der Waals surface area contributed by atoms with Crippen molar-refractivity contribution >= 4 is 11.0 Å². The van der Waals surface area contributed by atoms with Crippen LogP contribution in [0.5, 0.6) is 0 Å². The lowest BCUT2D eigenvalue weighted by Gasteiger charge is -1.98. The molecule has 0 fully saturated rings. The predicted octanol–water partition coefficient (Wildman–Crippen LogP) is 11.2. The number of nitrogens with one attached hydrogen (secondary N) is 1. The number of H-pyrrole nitrogens is 1. The van der Waals surface area contributed by atoms with Crippen LogP contribution in [0.3, 0.4) is 0 Å². The molecule has 0 saturated carbocycles. The Labute approximate surface area is 215 Å². The Morgan fingerprint density at radius 1 is 0.794 bits per heavy atom. The largest absolute Gasteiger partial charge is 0.346 e. The summed E-state index contributed by atoms with van der Waals surface area (Å²) in [6.07, 6.45) is 11.7.